The molecule has 4 nitrogen and oxygen atoms in total. The molecule has 0 heterocycles. The Bertz CT molecular complexity index is 650. The quantitative estimate of drug-likeness (QED) is 0.898. The molecule has 0 radical (unpaired) electrons. The monoisotopic (exact) mass is 285 g/mol. The molecule has 0 saturated carbocycles. The third kappa shape index (κ3) is 3.54. The second-order valence-electron chi connectivity index (χ2n) is 5.12. The maximum atomic E-state index is 12.2. The van der Waals surface area contributed by atoms with E-state index in [1.165, 1.54) is 13.2 Å². The first kappa shape index (κ1) is 14.9. The molecule has 0 spiro atoms. The number of hydrogen-bond donors (Lipinski definition) is 2. The molecule has 2 N–H and O–H groups in total. The van der Waals surface area contributed by atoms with Gasteiger partial charge in [0, 0.05) is 11.3 Å². The van der Waals surface area contributed by atoms with Crippen molar-refractivity contribution in [2.45, 2.75) is 19.8 Å². The number of benzene rings is 2. The van der Waals surface area contributed by atoms with E-state index in [1.54, 1.807) is 12.1 Å². The Labute approximate surface area is 124 Å². The second-order valence-corrected chi connectivity index (χ2v) is 5.12. The standard InChI is InChI=1S/C17H19NO3/c1-11(2)12-5-4-6-14(9-12)18-17(20)13-7-8-16(21-3)15(19)10-13/h4-11,19H,1-3H3,(H,18,20). The topological polar surface area (TPSA) is 58.6 Å². The van der Waals surface area contributed by atoms with Gasteiger partial charge in [-0.15, -0.1) is 0 Å². The lowest BCUT2D eigenvalue weighted by Gasteiger charge is -2.10. The first-order chi connectivity index (χ1) is 10.0. The number of hydrogen-bond acceptors (Lipinski definition) is 3. The van der Waals surface area contributed by atoms with Crippen molar-refractivity contribution in [2.75, 3.05) is 12.4 Å². The predicted octanol–water partition coefficient (Wildman–Crippen LogP) is 3.78. The van der Waals surface area contributed by atoms with E-state index < -0.39 is 0 Å². The Morgan fingerprint density at radius 2 is 1.95 bits per heavy atom. The van der Waals surface area contributed by atoms with Gasteiger partial charge in [0.15, 0.2) is 11.5 Å². The van der Waals surface area contributed by atoms with Crippen LogP contribution in [0.3, 0.4) is 0 Å². The van der Waals surface area contributed by atoms with Crippen molar-refractivity contribution in [1.82, 2.24) is 0 Å². The zero-order valence-electron chi connectivity index (χ0n) is 12.4. The van der Waals surface area contributed by atoms with Crippen molar-refractivity contribution in [3.8, 4) is 11.5 Å². The number of amides is 1. The fourth-order valence-corrected chi connectivity index (χ4v) is 2.01. The lowest BCUT2D eigenvalue weighted by molar-refractivity contribution is 0.102. The number of methoxy groups -OCH3 is 1. The van der Waals surface area contributed by atoms with E-state index in [1.807, 2.05) is 24.3 Å². The van der Waals surface area contributed by atoms with Crippen LogP contribution in [0.15, 0.2) is 42.5 Å². The van der Waals surface area contributed by atoms with Gasteiger partial charge in [0.1, 0.15) is 0 Å². The SMILES string of the molecule is COc1ccc(C(=O)Nc2cccc(C(C)C)c2)cc1O. The highest BCUT2D eigenvalue weighted by molar-refractivity contribution is 6.04. The number of aromatic hydroxyl groups is 1. The fourth-order valence-electron chi connectivity index (χ4n) is 2.01. The van der Waals surface area contributed by atoms with Crippen molar-refractivity contribution in [3.05, 3.63) is 53.6 Å². The van der Waals surface area contributed by atoms with Gasteiger partial charge in [0.2, 0.25) is 0 Å². The minimum Gasteiger partial charge on any atom is -0.504 e. The van der Waals surface area contributed by atoms with Gasteiger partial charge in [-0.2, -0.15) is 0 Å². The number of carbonyl (C=O) groups is 1. The summed E-state index contributed by atoms with van der Waals surface area (Å²) in [4.78, 5) is 12.2. The van der Waals surface area contributed by atoms with Crippen LogP contribution in [-0.2, 0) is 0 Å². The number of phenols is 1. The van der Waals surface area contributed by atoms with Crippen LogP contribution >= 0.6 is 0 Å². The third-order valence-electron chi connectivity index (χ3n) is 3.25. The van der Waals surface area contributed by atoms with E-state index in [-0.39, 0.29) is 11.7 Å². The summed E-state index contributed by atoms with van der Waals surface area (Å²) in [6.45, 7) is 4.20. The number of anilines is 1. The van der Waals surface area contributed by atoms with Crippen LogP contribution in [0, 0.1) is 0 Å². The molecule has 0 aliphatic carbocycles. The van der Waals surface area contributed by atoms with Crippen LogP contribution in [0.25, 0.3) is 0 Å². The van der Waals surface area contributed by atoms with Crippen LogP contribution in [0.5, 0.6) is 11.5 Å². The number of phenolic OH excluding ortho intramolecular Hbond substituents is 1. The Hall–Kier alpha value is -2.49. The molecule has 0 atom stereocenters. The number of carbonyl (C=O) groups excluding carboxylic acids is 1. The van der Waals surface area contributed by atoms with E-state index in [2.05, 4.69) is 19.2 Å². The molecule has 2 aromatic carbocycles. The molecular formula is C17H19NO3. The minimum absolute atomic E-state index is 0.0546. The van der Waals surface area contributed by atoms with E-state index >= 15 is 0 Å². The van der Waals surface area contributed by atoms with E-state index in [0.717, 1.165) is 11.3 Å². The highest BCUT2D eigenvalue weighted by Gasteiger charge is 2.10. The maximum Gasteiger partial charge on any atom is 0.255 e. The number of rotatable bonds is 4. The van der Waals surface area contributed by atoms with Gasteiger partial charge in [-0.25, -0.2) is 0 Å². The summed E-state index contributed by atoms with van der Waals surface area (Å²) in [6.07, 6.45) is 0. The molecule has 110 valence electrons. The first-order valence-corrected chi connectivity index (χ1v) is 6.79. The molecular weight excluding hydrogens is 266 g/mol. The van der Waals surface area contributed by atoms with Crippen molar-refractivity contribution in [3.63, 3.8) is 0 Å². The van der Waals surface area contributed by atoms with Gasteiger partial charge in [-0.05, 0) is 41.8 Å². The van der Waals surface area contributed by atoms with Gasteiger partial charge in [0.05, 0.1) is 7.11 Å². The van der Waals surface area contributed by atoms with Crippen molar-refractivity contribution in [1.29, 1.82) is 0 Å². The Balaban J connectivity index is 2.18. The molecule has 2 aromatic rings. The molecule has 0 unspecified atom stereocenters. The van der Waals surface area contributed by atoms with Gasteiger partial charge < -0.3 is 15.2 Å². The molecule has 4 heteroatoms. The third-order valence-corrected chi connectivity index (χ3v) is 3.25. The van der Waals surface area contributed by atoms with Gasteiger partial charge in [-0.3, -0.25) is 4.79 Å². The summed E-state index contributed by atoms with van der Waals surface area (Å²) < 4.78 is 4.96. The average molecular weight is 285 g/mol. The van der Waals surface area contributed by atoms with Crippen LogP contribution in [0.4, 0.5) is 5.69 Å². The fraction of sp³-hybridized carbons (Fsp3) is 0.235. The molecule has 0 aliphatic heterocycles. The summed E-state index contributed by atoms with van der Waals surface area (Å²) in [5.41, 5.74) is 2.27. The molecule has 2 rings (SSSR count). The summed E-state index contributed by atoms with van der Waals surface area (Å²) in [5.74, 6) is 0.412. The normalized spacial score (nSPS) is 10.5. The summed E-state index contributed by atoms with van der Waals surface area (Å²) >= 11 is 0. The minimum atomic E-state index is -0.270. The molecule has 0 aromatic heterocycles. The molecule has 0 fully saturated rings. The summed E-state index contributed by atoms with van der Waals surface area (Å²) in [5, 5.41) is 12.5. The Morgan fingerprint density at radius 1 is 1.19 bits per heavy atom. The number of nitrogens with one attached hydrogen (secondary N) is 1. The maximum absolute atomic E-state index is 12.2. The average Bonchev–Trinajstić information content (AvgIpc) is 2.47. The van der Waals surface area contributed by atoms with Gasteiger partial charge in [-0.1, -0.05) is 26.0 Å². The van der Waals surface area contributed by atoms with Crippen molar-refractivity contribution < 1.29 is 14.6 Å². The van der Waals surface area contributed by atoms with E-state index in [9.17, 15) is 9.90 Å². The Kier molecular flexibility index (Phi) is 4.48. The zero-order valence-corrected chi connectivity index (χ0v) is 12.4. The molecule has 0 aliphatic rings. The molecule has 1 amide bonds. The highest BCUT2D eigenvalue weighted by atomic mass is 16.5. The van der Waals surface area contributed by atoms with Gasteiger partial charge >= 0.3 is 0 Å². The Morgan fingerprint density at radius 3 is 2.57 bits per heavy atom. The van der Waals surface area contributed by atoms with Crippen LogP contribution in [0.1, 0.15) is 35.7 Å². The highest BCUT2D eigenvalue weighted by Crippen LogP contribution is 2.26. The first-order valence-electron chi connectivity index (χ1n) is 6.79. The van der Waals surface area contributed by atoms with Crippen LogP contribution in [0.2, 0.25) is 0 Å². The summed E-state index contributed by atoms with van der Waals surface area (Å²) in [6, 6.07) is 12.3. The zero-order chi connectivity index (χ0) is 15.4. The van der Waals surface area contributed by atoms with Crippen LogP contribution in [-0.4, -0.2) is 18.1 Å². The van der Waals surface area contributed by atoms with E-state index in [4.69, 9.17) is 4.74 Å². The van der Waals surface area contributed by atoms with Crippen LogP contribution < -0.4 is 10.1 Å². The van der Waals surface area contributed by atoms with Gasteiger partial charge in [0.25, 0.3) is 5.91 Å². The lowest BCUT2D eigenvalue weighted by Crippen LogP contribution is -2.12. The lowest BCUT2D eigenvalue weighted by atomic mass is 10.0. The predicted molar refractivity (Wildman–Crippen MR) is 83.1 cm³/mol. The van der Waals surface area contributed by atoms with Crippen molar-refractivity contribution in [2.24, 2.45) is 0 Å². The molecule has 0 bridgehead atoms. The van der Waals surface area contributed by atoms with Crippen molar-refractivity contribution >= 4 is 11.6 Å². The smallest absolute Gasteiger partial charge is 0.255 e. The summed E-state index contributed by atoms with van der Waals surface area (Å²) in [7, 11) is 1.46. The largest absolute Gasteiger partial charge is 0.504 e. The molecule has 21 heavy (non-hydrogen) atoms. The second kappa shape index (κ2) is 6.31. The molecule has 0 saturated heterocycles. The van der Waals surface area contributed by atoms with E-state index in [0.29, 0.717) is 17.2 Å². The number of ether oxygens (including phenoxy) is 1.